The molecule has 6 nitrogen and oxygen atoms in total. The van der Waals surface area contributed by atoms with Crippen LogP contribution in [-0.2, 0) is 11.3 Å². The molecule has 1 saturated heterocycles. The Morgan fingerprint density at radius 3 is 3.06 bits per heavy atom. The quantitative estimate of drug-likeness (QED) is 0.830. The van der Waals surface area contributed by atoms with Crippen molar-refractivity contribution in [2.45, 2.75) is 25.4 Å². The average molecular weight is 251 g/mol. The molecular formula is C12H17N3O3. The number of hydrogen-bond donors (Lipinski definition) is 2. The SMILES string of the molecule is CNC(=O)C1CCCN1C(=O)NCc1ccco1. The van der Waals surface area contributed by atoms with Crippen molar-refractivity contribution in [3.05, 3.63) is 24.2 Å². The second kappa shape index (κ2) is 5.57. The molecule has 1 atom stereocenters. The van der Waals surface area contributed by atoms with E-state index in [0.29, 0.717) is 25.3 Å². The summed E-state index contributed by atoms with van der Waals surface area (Å²) < 4.78 is 5.13. The van der Waals surface area contributed by atoms with Crippen LogP contribution in [0.2, 0.25) is 0 Å². The summed E-state index contributed by atoms with van der Waals surface area (Å²) >= 11 is 0. The lowest BCUT2D eigenvalue weighted by atomic mass is 10.2. The minimum Gasteiger partial charge on any atom is -0.467 e. The molecule has 0 bridgehead atoms. The van der Waals surface area contributed by atoms with Gasteiger partial charge in [0.05, 0.1) is 12.8 Å². The number of carbonyl (C=O) groups excluding carboxylic acids is 2. The molecule has 18 heavy (non-hydrogen) atoms. The maximum absolute atomic E-state index is 12.0. The van der Waals surface area contributed by atoms with E-state index in [1.807, 2.05) is 0 Å². The highest BCUT2D eigenvalue weighted by molar-refractivity contribution is 5.87. The van der Waals surface area contributed by atoms with Gasteiger partial charge in [-0.15, -0.1) is 0 Å². The van der Waals surface area contributed by atoms with Gasteiger partial charge < -0.3 is 20.0 Å². The first-order valence-corrected chi connectivity index (χ1v) is 6.01. The van der Waals surface area contributed by atoms with Crippen molar-refractivity contribution in [1.29, 1.82) is 0 Å². The summed E-state index contributed by atoms with van der Waals surface area (Å²) in [5.41, 5.74) is 0. The summed E-state index contributed by atoms with van der Waals surface area (Å²) in [6.45, 7) is 0.949. The lowest BCUT2D eigenvalue weighted by Crippen LogP contribution is -2.48. The van der Waals surface area contributed by atoms with E-state index in [2.05, 4.69) is 10.6 Å². The van der Waals surface area contributed by atoms with E-state index in [0.717, 1.165) is 6.42 Å². The first-order valence-electron chi connectivity index (χ1n) is 6.01. The maximum Gasteiger partial charge on any atom is 0.318 e. The zero-order valence-electron chi connectivity index (χ0n) is 10.3. The summed E-state index contributed by atoms with van der Waals surface area (Å²) in [5.74, 6) is 0.583. The summed E-state index contributed by atoms with van der Waals surface area (Å²) in [6, 6.07) is 2.98. The fraction of sp³-hybridized carbons (Fsp3) is 0.500. The molecule has 2 heterocycles. The first-order chi connectivity index (χ1) is 8.72. The van der Waals surface area contributed by atoms with Gasteiger partial charge in [0.15, 0.2) is 0 Å². The Labute approximate surface area is 105 Å². The van der Waals surface area contributed by atoms with Gasteiger partial charge in [-0.05, 0) is 25.0 Å². The van der Waals surface area contributed by atoms with Crippen LogP contribution in [0.1, 0.15) is 18.6 Å². The third-order valence-electron chi connectivity index (χ3n) is 3.06. The number of urea groups is 1. The average Bonchev–Trinajstić information content (AvgIpc) is 3.05. The van der Waals surface area contributed by atoms with Crippen LogP contribution in [-0.4, -0.2) is 36.5 Å². The van der Waals surface area contributed by atoms with Crippen molar-refractivity contribution in [2.24, 2.45) is 0 Å². The molecule has 2 N–H and O–H groups in total. The van der Waals surface area contributed by atoms with E-state index in [9.17, 15) is 9.59 Å². The third kappa shape index (κ3) is 2.64. The van der Waals surface area contributed by atoms with Gasteiger partial charge in [0.1, 0.15) is 11.8 Å². The molecule has 3 amide bonds. The van der Waals surface area contributed by atoms with E-state index in [-0.39, 0.29) is 18.0 Å². The van der Waals surface area contributed by atoms with Crippen molar-refractivity contribution >= 4 is 11.9 Å². The highest BCUT2D eigenvalue weighted by atomic mass is 16.3. The first kappa shape index (κ1) is 12.5. The molecule has 1 aliphatic heterocycles. The van der Waals surface area contributed by atoms with Crippen molar-refractivity contribution in [3.63, 3.8) is 0 Å². The zero-order chi connectivity index (χ0) is 13.0. The van der Waals surface area contributed by atoms with E-state index in [1.165, 1.54) is 0 Å². The second-order valence-electron chi connectivity index (χ2n) is 4.20. The minimum absolute atomic E-state index is 0.111. The standard InChI is InChI=1S/C12H17N3O3/c1-13-11(16)10-5-2-6-15(10)12(17)14-8-9-4-3-7-18-9/h3-4,7,10H,2,5-6,8H2,1H3,(H,13,16)(H,14,17). The van der Waals surface area contributed by atoms with Crippen molar-refractivity contribution < 1.29 is 14.0 Å². The number of likely N-dealkylation sites (tertiary alicyclic amines) is 1. The Balaban J connectivity index is 1.89. The number of nitrogens with one attached hydrogen (secondary N) is 2. The number of likely N-dealkylation sites (N-methyl/N-ethyl adjacent to an activating group) is 1. The van der Waals surface area contributed by atoms with E-state index < -0.39 is 0 Å². The Hall–Kier alpha value is -1.98. The predicted molar refractivity (Wildman–Crippen MR) is 64.7 cm³/mol. The minimum atomic E-state index is -0.355. The summed E-state index contributed by atoms with van der Waals surface area (Å²) in [7, 11) is 1.58. The fourth-order valence-corrected chi connectivity index (χ4v) is 2.13. The zero-order valence-corrected chi connectivity index (χ0v) is 10.3. The molecule has 0 saturated carbocycles. The molecule has 0 spiro atoms. The normalized spacial score (nSPS) is 18.7. The van der Waals surface area contributed by atoms with Gasteiger partial charge >= 0.3 is 6.03 Å². The maximum atomic E-state index is 12.0. The Bertz CT molecular complexity index is 416. The molecular weight excluding hydrogens is 234 g/mol. The van der Waals surface area contributed by atoms with E-state index in [4.69, 9.17) is 4.42 Å². The molecule has 0 radical (unpaired) electrons. The summed E-state index contributed by atoms with van der Waals surface area (Å²) in [5, 5.41) is 5.33. The van der Waals surface area contributed by atoms with Crippen LogP contribution in [0.4, 0.5) is 4.79 Å². The van der Waals surface area contributed by atoms with Gasteiger partial charge in [0.2, 0.25) is 5.91 Å². The van der Waals surface area contributed by atoms with Gasteiger partial charge in [0, 0.05) is 13.6 Å². The lowest BCUT2D eigenvalue weighted by Gasteiger charge is -2.23. The molecule has 1 aliphatic rings. The van der Waals surface area contributed by atoms with Crippen LogP contribution in [0.5, 0.6) is 0 Å². The van der Waals surface area contributed by atoms with Crippen molar-refractivity contribution in [3.8, 4) is 0 Å². The van der Waals surface area contributed by atoms with Crippen LogP contribution in [0.15, 0.2) is 22.8 Å². The number of amides is 3. The molecule has 0 aliphatic carbocycles. The molecule has 1 aromatic rings. The molecule has 98 valence electrons. The lowest BCUT2D eigenvalue weighted by molar-refractivity contribution is -0.124. The molecule has 6 heteroatoms. The van der Waals surface area contributed by atoms with Crippen molar-refractivity contribution in [1.82, 2.24) is 15.5 Å². The fourth-order valence-electron chi connectivity index (χ4n) is 2.13. The van der Waals surface area contributed by atoms with Crippen LogP contribution in [0.3, 0.4) is 0 Å². The van der Waals surface area contributed by atoms with Crippen molar-refractivity contribution in [2.75, 3.05) is 13.6 Å². The summed E-state index contributed by atoms with van der Waals surface area (Å²) in [6.07, 6.45) is 3.13. The van der Waals surface area contributed by atoms with E-state index >= 15 is 0 Å². The monoisotopic (exact) mass is 251 g/mol. The topological polar surface area (TPSA) is 74.6 Å². The number of carbonyl (C=O) groups is 2. The molecule has 1 aromatic heterocycles. The van der Waals surface area contributed by atoms with Gasteiger partial charge in [-0.25, -0.2) is 4.79 Å². The van der Waals surface area contributed by atoms with Crippen LogP contribution < -0.4 is 10.6 Å². The number of nitrogens with zero attached hydrogens (tertiary/aromatic N) is 1. The highest BCUT2D eigenvalue weighted by Gasteiger charge is 2.33. The largest absolute Gasteiger partial charge is 0.467 e. The van der Waals surface area contributed by atoms with Gasteiger partial charge in [-0.2, -0.15) is 0 Å². The van der Waals surface area contributed by atoms with Crippen LogP contribution in [0.25, 0.3) is 0 Å². The van der Waals surface area contributed by atoms with Crippen LogP contribution >= 0.6 is 0 Å². The summed E-state index contributed by atoms with van der Waals surface area (Å²) in [4.78, 5) is 25.1. The highest BCUT2D eigenvalue weighted by Crippen LogP contribution is 2.17. The van der Waals surface area contributed by atoms with Gasteiger partial charge in [-0.1, -0.05) is 0 Å². The molecule has 1 unspecified atom stereocenters. The predicted octanol–water partition coefficient (Wildman–Crippen LogP) is 0.700. The van der Waals surface area contributed by atoms with Gasteiger partial charge in [0.25, 0.3) is 0 Å². The number of hydrogen-bond acceptors (Lipinski definition) is 3. The second-order valence-corrected chi connectivity index (χ2v) is 4.20. The number of rotatable bonds is 3. The van der Waals surface area contributed by atoms with Gasteiger partial charge in [-0.3, -0.25) is 4.79 Å². The smallest absolute Gasteiger partial charge is 0.318 e. The number of furan rings is 1. The molecule has 1 fully saturated rings. The Morgan fingerprint density at radius 1 is 1.56 bits per heavy atom. The van der Waals surface area contributed by atoms with Crippen LogP contribution in [0, 0.1) is 0 Å². The molecule has 0 aromatic carbocycles. The third-order valence-corrected chi connectivity index (χ3v) is 3.06. The molecule has 2 rings (SSSR count). The Morgan fingerprint density at radius 2 is 2.39 bits per heavy atom. The Kier molecular flexibility index (Phi) is 3.86. The van der Waals surface area contributed by atoms with E-state index in [1.54, 1.807) is 30.3 Å².